The molecule has 1 aliphatic heterocycles. The minimum absolute atomic E-state index is 0.0147. The minimum atomic E-state index is -3.71. The van der Waals surface area contributed by atoms with Gasteiger partial charge in [-0.25, -0.2) is 8.42 Å². The van der Waals surface area contributed by atoms with E-state index >= 15 is 0 Å². The number of hydrogen-bond acceptors (Lipinski definition) is 4. The number of nitrogens with one attached hydrogen (secondary N) is 2. The summed E-state index contributed by atoms with van der Waals surface area (Å²) in [4.78, 5) is 15.3. The third-order valence-corrected chi connectivity index (χ3v) is 8.07. The van der Waals surface area contributed by atoms with Crippen LogP contribution in [0.25, 0.3) is 0 Å². The van der Waals surface area contributed by atoms with Gasteiger partial charge in [0.1, 0.15) is 0 Å². The molecule has 2 N–H and O–H groups in total. The number of sulfonamides is 1. The van der Waals surface area contributed by atoms with E-state index in [4.69, 9.17) is 0 Å². The molecule has 1 aliphatic rings. The number of carbonyl (C=O) groups excluding carboxylic acids is 1. The molecule has 0 aliphatic carbocycles. The van der Waals surface area contributed by atoms with E-state index in [0.29, 0.717) is 11.4 Å². The van der Waals surface area contributed by atoms with Gasteiger partial charge in [-0.3, -0.25) is 14.4 Å². The predicted molar refractivity (Wildman–Crippen MR) is 139 cm³/mol. The Kier molecular flexibility index (Phi) is 7.70. The molecule has 34 heavy (non-hydrogen) atoms. The predicted octanol–water partition coefficient (Wildman–Crippen LogP) is 5.41. The van der Waals surface area contributed by atoms with Crippen molar-refractivity contribution in [3.05, 3.63) is 88.4 Å². The van der Waals surface area contributed by atoms with Crippen LogP contribution in [-0.2, 0) is 21.4 Å². The van der Waals surface area contributed by atoms with Crippen molar-refractivity contribution in [1.29, 1.82) is 0 Å². The molecule has 1 amide bonds. The Labute approximate surface area is 209 Å². The zero-order valence-corrected chi connectivity index (χ0v) is 21.4. The Hall–Kier alpha value is -2.68. The molecule has 1 saturated heterocycles. The van der Waals surface area contributed by atoms with E-state index in [1.807, 2.05) is 0 Å². The molecule has 0 saturated carbocycles. The second-order valence-electron chi connectivity index (χ2n) is 8.60. The van der Waals surface area contributed by atoms with Gasteiger partial charge in [0, 0.05) is 28.3 Å². The van der Waals surface area contributed by atoms with Gasteiger partial charge in [0.05, 0.1) is 4.90 Å². The maximum Gasteiger partial charge on any atom is 0.261 e. The number of rotatable bonds is 7. The van der Waals surface area contributed by atoms with E-state index in [0.717, 1.165) is 36.9 Å². The standard InChI is InChI=1S/C26H28BrN3O3S/c1-19-4-2-3-5-21(19)18-30-16-14-20(15-17-30)26(31)28-23-10-12-25(13-11-23)34(32,33)29-24-8-6-22(27)7-9-24/h2-13,20,29H,14-18H2,1H3,(H,28,31). The minimum Gasteiger partial charge on any atom is -0.326 e. The Morgan fingerprint density at radius 2 is 1.56 bits per heavy atom. The van der Waals surface area contributed by atoms with Crippen LogP contribution in [0.2, 0.25) is 0 Å². The molecule has 0 radical (unpaired) electrons. The van der Waals surface area contributed by atoms with Crippen LogP contribution in [-0.4, -0.2) is 32.3 Å². The monoisotopic (exact) mass is 541 g/mol. The maximum absolute atomic E-state index is 12.8. The number of carbonyl (C=O) groups is 1. The Bertz CT molecular complexity index is 1240. The van der Waals surface area contributed by atoms with E-state index < -0.39 is 10.0 Å². The average molecular weight is 542 g/mol. The number of anilines is 2. The fourth-order valence-corrected chi connectivity index (χ4v) is 5.40. The zero-order valence-electron chi connectivity index (χ0n) is 19.0. The lowest BCUT2D eigenvalue weighted by atomic mass is 9.95. The van der Waals surface area contributed by atoms with E-state index in [2.05, 4.69) is 62.1 Å². The SMILES string of the molecule is Cc1ccccc1CN1CCC(C(=O)Nc2ccc(S(=O)(=O)Nc3ccc(Br)cc3)cc2)CC1. The van der Waals surface area contributed by atoms with Crippen molar-refractivity contribution in [2.75, 3.05) is 23.1 Å². The van der Waals surface area contributed by atoms with E-state index in [1.165, 1.54) is 23.3 Å². The summed E-state index contributed by atoms with van der Waals surface area (Å²) in [5, 5.41) is 2.94. The quantitative estimate of drug-likeness (QED) is 0.419. The number of halogens is 1. The first kappa shape index (κ1) is 24.4. The molecule has 3 aromatic carbocycles. The largest absolute Gasteiger partial charge is 0.326 e. The number of piperidine rings is 1. The highest BCUT2D eigenvalue weighted by Gasteiger charge is 2.25. The fourth-order valence-electron chi connectivity index (χ4n) is 4.08. The van der Waals surface area contributed by atoms with E-state index in [1.54, 1.807) is 36.4 Å². The van der Waals surface area contributed by atoms with Crippen LogP contribution in [0.4, 0.5) is 11.4 Å². The van der Waals surface area contributed by atoms with Crippen LogP contribution >= 0.6 is 15.9 Å². The van der Waals surface area contributed by atoms with Crippen LogP contribution in [0.1, 0.15) is 24.0 Å². The lowest BCUT2D eigenvalue weighted by Crippen LogP contribution is -2.37. The Morgan fingerprint density at radius 1 is 0.941 bits per heavy atom. The number of aryl methyl sites for hydroxylation is 1. The summed E-state index contributed by atoms with van der Waals surface area (Å²) in [6.07, 6.45) is 1.61. The summed E-state index contributed by atoms with van der Waals surface area (Å²) in [5.41, 5.74) is 3.69. The van der Waals surface area contributed by atoms with E-state index in [9.17, 15) is 13.2 Å². The van der Waals surface area contributed by atoms with Gasteiger partial charge in [-0.05, 0) is 92.5 Å². The number of benzene rings is 3. The summed E-state index contributed by atoms with van der Waals surface area (Å²) >= 11 is 3.33. The lowest BCUT2D eigenvalue weighted by molar-refractivity contribution is -0.121. The molecule has 4 rings (SSSR count). The van der Waals surface area contributed by atoms with Gasteiger partial charge in [0.15, 0.2) is 0 Å². The Balaban J connectivity index is 1.30. The topological polar surface area (TPSA) is 78.5 Å². The van der Waals surface area contributed by atoms with Gasteiger partial charge in [-0.1, -0.05) is 40.2 Å². The van der Waals surface area contributed by atoms with Gasteiger partial charge >= 0.3 is 0 Å². The van der Waals surface area contributed by atoms with Gasteiger partial charge in [-0.15, -0.1) is 0 Å². The van der Waals surface area contributed by atoms with Crippen LogP contribution in [0.3, 0.4) is 0 Å². The second kappa shape index (κ2) is 10.7. The van der Waals surface area contributed by atoms with Crippen molar-refractivity contribution in [2.24, 2.45) is 5.92 Å². The third-order valence-electron chi connectivity index (χ3n) is 6.14. The lowest BCUT2D eigenvalue weighted by Gasteiger charge is -2.31. The Morgan fingerprint density at radius 3 is 2.21 bits per heavy atom. The highest BCUT2D eigenvalue weighted by molar-refractivity contribution is 9.10. The number of amides is 1. The van der Waals surface area contributed by atoms with Crippen molar-refractivity contribution in [1.82, 2.24) is 4.90 Å². The summed E-state index contributed by atoms with van der Waals surface area (Å²) < 4.78 is 28.7. The van der Waals surface area contributed by atoms with Crippen LogP contribution in [0.5, 0.6) is 0 Å². The first-order valence-electron chi connectivity index (χ1n) is 11.3. The molecule has 0 unspecified atom stereocenters. The molecule has 8 heteroatoms. The van der Waals surface area contributed by atoms with E-state index in [-0.39, 0.29) is 16.7 Å². The molecule has 0 aromatic heterocycles. The molecule has 178 valence electrons. The highest BCUT2D eigenvalue weighted by Crippen LogP contribution is 2.23. The molecule has 0 spiro atoms. The molecule has 0 atom stereocenters. The average Bonchev–Trinajstić information content (AvgIpc) is 2.83. The van der Waals surface area contributed by atoms with Crippen LogP contribution in [0.15, 0.2) is 82.2 Å². The molecule has 6 nitrogen and oxygen atoms in total. The van der Waals surface area contributed by atoms with Crippen molar-refractivity contribution in [2.45, 2.75) is 31.2 Å². The molecule has 3 aromatic rings. The summed E-state index contributed by atoms with van der Waals surface area (Å²) in [6, 6.07) is 21.6. The molecular formula is C26H28BrN3O3S. The van der Waals surface area contributed by atoms with Crippen LogP contribution in [0, 0.1) is 12.8 Å². The first-order valence-corrected chi connectivity index (χ1v) is 13.5. The highest BCUT2D eigenvalue weighted by atomic mass is 79.9. The molecular weight excluding hydrogens is 514 g/mol. The smallest absolute Gasteiger partial charge is 0.261 e. The maximum atomic E-state index is 12.8. The summed E-state index contributed by atoms with van der Waals surface area (Å²) in [6.45, 7) is 4.80. The molecule has 1 fully saturated rings. The van der Waals surface area contributed by atoms with Crippen LogP contribution < -0.4 is 10.0 Å². The van der Waals surface area contributed by atoms with Gasteiger partial charge in [0.2, 0.25) is 5.91 Å². The number of hydrogen-bond donors (Lipinski definition) is 2. The number of nitrogens with zero attached hydrogens (tertiary/aromatic N) is 1. The summed E-state index contributed by atoms with van der Waals surface area (Å²) in [5.74, 6) is -0.0604. The zero-order chi connectivity index (χ0) is 24.1. The van der Waals surface area contributed by atoms with Crippen molar-refractivity contribution in [3.63, 3.8) is 0 Å². The normalized spacial score (nSPS) is 15.1. The van der Waals surface area contributed by atoms with Gasteiger partial charge in [0.25, 0.3) is 10.0 Å². The van der Waals surface area contributed by atoms with Crippen molar-refractivity contribution >= 4 is 43.2 Å². The second-order valence-corrected chi connectivity index (χ2v) is 11.2. The van der Waals surface area contributed by atoms with Gasteiger partial charge in [-0.2, -0.15) is 0 Å². The first-order chi connectivity index (χ1) is 16.3. The fraction of sp³-hybridized carbons (Fsp3) is 0.269. The number of likely N-dealkylation sites (tertiary alicyclic amines) is 1. The van der Waals surface area contributed by atoms with Crippen molar-refractivity contribution < 1.29 is 13.2 Å². The third kappa shape index (κ3) is 6.25. The summed E-state index contributed by atoms with van der Waals surface area (Å²) in [7, 11) is -3.71. The van der Waals surface area contributed by atoms with Gasteiger partial charge < -0.3 is 5.32 Å². The molecule has 0 bridgehead atoms. The molecule has 1 heterocycles. The van der Waals surface area contributed by atoms with Crippen molar-refractivity contribution in [3.8, 4) is 0 Å².